The van der Waals surface area contributed by atoms with Crippen molar-refractivity contribution >= 4 is 18.0 Å². The van der Waals surface area contributed by atoms with Crippen molar-refractivity contribution in [2.45, 2.75) is 25.4 Å². The molecule has 2 N–H and O–H groups in total. The summed E-state index contributed by atoms with van der Waals surface area (Å²) in [7, 11) is 0. The van der Waals surface area contributed by atoms with E-state index in [2.05, 4.69) is 15.3 Å². The van der Waals surface area contributed by atoms with Gasteiger partial charge in [-0.15, -0.1) is 0 Å². The predicted octanol–water partition coefficient (Wildman–Crippen LogP) is 4.57. The number of aromatic nitrogens is 2. The van der Waals surface area contributed by atoms with Crippen LogP contribution in [-0.4, -0.2) is 16.5 Å². The topological polar surface area (TPSA) is 40.7 Å². The molecule has 0 atom stereocenters. The number of nitrogens with one attached hydrogen (secondary N) is 2. The van der Waals surface area contributed by atoms with Crippen LogP contribution in [0.4, 0.5) is 19.0 Å². The number of hydrogen-bond acceptors (Lipinski definition) is 3. The van der Waals surface area contributed by atoms with E-state index < -0.39 is 11.7 Å². The maximum Gasteiger partial charge on any atom is 0.416 e. The van der Waals surface area contributed by atoms with Crippen molar-refractivity contribution in [1.29, 1.82) is 0 Å². The SMILES string of the molecule is FC(F)(F)c1ccc(-c2[nH]c(=S)nc3c2CCCCN3)cc1. The molecule has 1 aromatic carbocycles. The number of halogens is 3. The number of nitrogens with zero attached hydrogens (tertiary/aromatic N) is 1. The third-order valence-electron chi connectivity index (χ3n) is 3.68. The number of H-pyrrole nitrogens is 1. The molecule has 3 rings (SSSR count). The van der Waals surface area contributed by atoms with Crippen molar-refractivity contribution in [1.82, 2.24) is 9.97 Å². The molecule has 116 valence electrons. The van der Waals surface area contributed by atoms with Crippen molar-refractivity contribution in [2.75, 3.05) is 11.9 Å². The van der Waals surface area contributed by atoms with Gasteiger partial charge in [-0.1, -0.05) is 12.1 Å². The largest absolute Gasteiger partial charge is 0.416 e. The van der Waals surface area contributed by atoms with Crippen molar-refractivity contribution < 1.29 is 13.2 Å². The van der Waals surface area contributed by atoms with E-state index in [1.807, 2.05) is 0 Å². The summed E-state index contributed by atoms with van der Waals surface area (Å²) < 4.78 is 38.3. The van der Waals surface area contributed by atoms with Gasteiger partial charge < -0.3 is 10.3 Å². The third kappa shape index (κ3) is 2.99. The van der Waals surface area contributed by atoms with E-state index in [-0.39, 0.29) is 0 Å². The summed E-state index contributed by atoms with van der Waals surface area (Å²) in [5, 5.41) is 3.23. The van der Waals surface area contributed by atoms with Gasteiger partial charge in [0.05, 0.1) is 11.3 Å². The molecule has 7 heteroatoms. The van der Waals surface area contributed by atoms with Gasteiger partial charge in [-0.25, -0.2) is 4.98 Å². The molecular formula is C15H14F3N3S. The number of benzene rings is 1. The fourth-order valence-electron chi connectivity index (χ4n) is 2.59. The third-order valence-corrected chi connectivity index (χ3v) is 3.87. The first-order chi connectivity index (χ1) is 10.4. The maximum atomic E-state index is 12.7. The summed E-state index contributed by atoms with van der Waals surface area (Å²) in [5.74, 6) is 0.733. The molecule has 0 saturated carbocycles. The summed E-state index contributed by atoms with van der Waals surface area (Å²) in [6.07, 6.45) is -1.49. The van der Waals surface area contributed by atoms with E-state index in [1.165, 1.54) is 12.1 Å². The molecule has 22 heavy (non-hydrogen) atoms. The minimum atomic E-state index is -4.33. The number of anilines is 1. The summed E-state index contributed by atoms with van der Waals surface area (Å²) >= 11 is 5.13. The van der Waals surface area contributed by atoms with E-state index >= 15 is 0 Å². The van der Waals surface area contributed by atoms with Gasteiger partial charge in [-0.2, -0.15) is 13.2 Å². The average molecular weight is 325 g/mol. The van der Waals surface area contributed by atoms with Gasteiger partial charge in [0.15, 0.2) is 4.77 Å². The molecule has 0 bridgehead atoms. The Bertz CT molecular complexity index is 735. The minimum absolute atomic E-state index is 0.322. The monoisotopic (exact) mass is 325 g/mol. The van der Waals surface area contributed by atoms with E-state index in [0.29, 0.717) is 10.3 Å². The van der Waals surface area contributed by atoms with Crippen LogP contribution in [0.2, 0.25) is 0 Å². The van der Waals surface area contributed by atoms with Crippen molar-refractivity contribution in [3.05, 3.63) is 40.2 Å². The van der Waals surface area contributed by atoms with Crippen molar-refractivity contribution in [3.63, 3.8) is 0 Å². The average Bonchev–Trinajstić information content (AvgIpc) is 2.71. The molecule has 2 heterocycles. The quantitative estimate of drug-likeness (QED) is 0.754. The normalized spacial score (nSPS) is 14.9. The molecule has 0 aliphatic carbocycles. The van der Waals surface area contributed by atoms with Crippen LogP contribution in [0.1, 0.15) is 24.0 Å². The molecule has 0 radical (unpaired) electrons. The van der Waals surface area contributed by atoms with Crippen LogP contribution in [0.25, 0.3) is 11.3 Å². The molecule has 1 aromatic heterocycles. The fraction of sp³-hybridized carbons (Fsp3) is 0.333. The lowest BCUT2D eigenvalue weighted by Gasteiger charge is -2.13. The highest BCUT2D eigenvalue weighted by atomic mass is 32.1. The Kier molecular flexibility index (Phi) is 3.90. The highest BCUT2D eigenvalue weighted by Gasteiger charge is 2.30. The summed E-state index contributed by atoms with van der Waals surface area (Å²) in [6.45, 7) is 0.825. The minimum Gasteiger partial charge on any atom is -0.370 e. The van der Waals surface area contributed by atoms with Gasteiger partial charge >= 0.3 is 6.18 Å². The smallest absolute Gasteiger partial charge is 0.370 e. The van der Waals surface area contributed by atoms with Crippen LogP contribution < -0.4 is 5.32 Å². The first-order valence-electron chi connectivity index (χ1n) is 7.00. The number of rotatable bonds is 1. The van der Waals surface area contributed by atoms with Crippen molar-refractivity contribution in [3.8, 4) is 11.3 Å². The molecule has 1 aliphatic heterocycles. The lowest BCUT2D eigenvalue weighted by molar-refractivity contribution is -0.137. The van der Waals surface area contributed by atoms with Gasteiger partial charge in [0.1, 0.15) is 5.82 Å². The van der Waals surface area contributed by atoms with Crippen LogP contribution >= 0.6 is 12.2 Å². The summed E-state index contributed by atoms with van der Waals surface area (Å²) in [4.78, 5) is 7.30. The van der Waals surface area contributed by atoms with Crippen LogP contribution in [0.3, 0.4) is 0 Å². The lowest BCUT2D eigenvalue weighted by Crippen LogP contribution is -2.06. The van der Waals surface area contributed by atoms with Crippen LogP contribution in [-0.2, 0) is 12.6 Å². The Morgan fingerprint density at radius 3 is 2.50 bits per heavy atom. The van der Waals surface area contributed by atoms with E-state index in [0.717, 1.165) is 55.0 Å². The molecule has 0 unspecified atom stereocenters. The van der Waals surface area contributed by atoms with Gasteiger partial charge in [-0.3, -0.25) is 0 Å². The van der Waals surface area contributed by atoms with E-state index in [4.69, 9.17) is 12.2 Å². The number of hydrogen-bond donors (Lipinski definition) is 2. The maximum absolute atomic E-state index is 12.7. The van der Waals surface area contributed by atoms with E-state index in [1.54, 1.807) is 0 Å². The van der Waals surface area contributed by atoms with Crippen LogP contribution in [0, 0.1) is 4.77 Å². The molecule has 0 amide bonds. The molecular weight excluding hydrogens is 311 g/mol. The zero-order chi connectivity index (χ0) is 15.7. The highest BCUT2D eigenvalue weighted by Crippen LogP contribution is 2.33. The molecule has 2 aromatic rings. The first kappa shape index (κ1) is 15.0. The van der Waals surface area contributed by atoms with Gasteiger partial charge in [-0.05, 0) is 49.2 Å². The molecule has 0 saturated heterocycles. The Balaban J connectivity index is 2.08. The second-order valence-electron chi connectivity index (χ2n) is 5.20. The standard InChI is InChI=1S/C15H14F3N3S/c16-15(17,18)10-6-4-9(5-7-10)12-11-3-1-2-8-19-13(11)21-14(22)20-12/h4-7H,1-3,8H2,(H2,19,20,21,22). The van der Waals surface area contributed by atoms with E-state index in [9.17, 15) is 13.2 Å². The Morgan fingerprint density at radius 2 is 1.82 bits per heavy atom. The Morgan fingerprint density at radius 1 is 1.09 bits per heavy atom. The van der Waals surface area contributed by atoms with Crippen molar-refractivity contribution in [2.24, 2.45) is 0 Å². The highest BCUT2D eigenvalue weighted by molar-refractivity contribution is 7.71. The van der Waals surface area contributed by atoms with Gasteiger partial charge in [0.25, 0.3) is 0 Å². The fourth-order valence-corrected chi connectivity index (χ4v) is 2.79. The first-order valence-corrected chi connectivity index (χ1v) is 7.41. The lowest BCUT2D eigenvalue weighted by atomic mass is 10.0. The number of fused-ring (bicyclic) bond motifs is 1. The molecule has 0 fully saturated rings. The number of aromatic amines is 1. The van der Waals surface area contributed by atoms with Gasteiger partial charge in [0.2, 0.25) is 0 Å². The molecule has 0 spiro atoms. The van der Waals surface area contributed by atoms with Gasteiger partial charge in [0, 0.05) is 12.1 Å². The Labute approximate surface area is 130 Å². The Hall–Kier alpha value is -1.89. The molecule has 1 aliphatic rings. The summed E-state index contributed by atoms with van der Waals surface area (Å²) in [5.41, 5.74) is 1.75. The second kappa shape index (κ2) is 5.72. The second-order valence-corrected chi connectivity index (χ2v) is 5.59. The van der Waals surface area contributed by atoms with Crippen LogP contribution in [0.5, 0.6) is 0 Å². The zero-order valence-electron chi connectivity index (χ0n) is 11.6. The zero-order valence-corrected chi connectivity index (χ0v) is 12.4. The summed E-state index contributed by atoms with van der Waals surface area (Å²) in [6, 6.07) is 5.11. The van der Waals surface area contributed by atoms with Crippen LogP contribution in [0.15, 0.2) is 24.3 Å². The number of alkyl halides is 3. The molecule has 3 nitrogen and oxygen atoms in total. The predicted molar refractivity (Wildman–Crippen MR) is 81.3 cm³/mol.